The zero-order valence-electron chi connectivity index (χ0n) is 85.4. The van der Waals surface area contributed by atoms with Gasteiger partial charge in [0, 0.05) is 204 Å². The van der Waals surface area contributed by atoms with Gasteiger partial charge in [0.15, 0.2) is 45.9 Å². The fraction of sp³-hybridized carbons (Fsp3) is 0.408. The Labute approximate surface area is 866 Å². The fourth-order valence-corrected chi connectivity index (χ4v) is 17.6. The van der Waals surface area contributed by atoms with Gasteiger partial charge in [-0.25, -0.2) is 68.2 Å². The summed E-state index contributed by atoms with van der Waals surface area (Å²) in [5.41, 5.74) is 16.5. The van der Waals surface area contributed by atoms with Gasteiger partial charge in [0.25, 0.3) is 11.9 Å². The van der Waals surface area contributed by atoms with E-state index in [2.05, 4.69) is 137 Å². The van der Waals surface area contributed by atoms with Crippen molar-refractivity contribution in [2.24, 2.45) is 21.7 Å². The van der Waals surface area contributed by atoms with Crippen LogP contribution in [0.25, 0.3) is 79.2 Å². The van der Waals surface area contributed by atoms with E-state index in [0.29, 0.717) is 185 Å². The first kappa shape index (κ1) is 105. The number of carbonyl (C=O) groups is 6. The van der Waals surface area contributed by atoms with Crippen LogP contribution in [0.2, 0.25) is 5.02 Å². The van der Waals surface area contributed by atoms with Crippen LogP contribution < -0.4 is 57.8 Å². The molecule has 5 aliphatic rings. The maximum Gasteiger partial charge on any atom is 0.498 e. The number of nitrogens with zero attached hydrogens (tertiary/aromatic N) is 32. The number of hydrogen-bond acceptors (Lipinski definition) is 37. The number of rotatable bonds is 23. The number of aromatic nitrogens is 28. The zero-order valence-corrected chi connectivity index (χ0v) is 86.1. The van der Waals surface area contributed by atoms with Gasteiger partial charge in [0.2, 0.25) is 35.7 Å². The third-order valence-electron chi connectivity index (χ3n) is 27.3. The Morgan fingerprint density at radius 1 is 0.380 bits per heavy atom. The summed E-state index contributed by atoms with van der Waals surface area (Å²) in [5.74, 6) is 4.73. The van der Waals surface area contributed by atoms with E-state index in [1.165, 1.54) is 0 Å². The van der Waals surface area contributed by atoms with E-state index >= 15 is 0 Å². The SMILES string of the molecule is CCNC(=O)Nc1nc2cc(-c3cnc(N4CCC(C)(C(=O)O)CC4)nc3)cc(-n3cccn3)n2n1.CCNC(=O)Nc1nc2cc(-c3cnc(N4CCC(C)(C(=O)OCC)CC4)nc3)cc(-n3cccn3)n2n1.CCOC(=O)C1(C)CCN(c2ncc(-c3cc(-n4cccn4)n4nc(N)nc4c3)cn2)CC1.CCOC(=O)C1(C)CCN(c2ncc(B3OC(C)(C)C(C)(C)O3)cn2)CC1.Nc1nc2cc(Cl)cc(-n3cccn3)n2n1. The van der Waals surface area contributed by atoms with Crippen LogP contribution in [0.15, 0.2) is 172 Å². The second kappa shape index (κ2) is 44.4. The van der Waals surface area contributed by atoms with Crippen LogP contribution in [-0.2, 0) is 42.7 Å². The Morgan fingerprint density at radius 2 is 0.660 bits per heavy atom. The molecule has 0 atom stereocenters. The van der Waals surface area contributed by atoms with E-state index in [1.807, 2.05) is 149 Å². The minimum Gasteiger partial charge on any atom is -0.481 e. The Balaban J connectivity index is 0.000000130. The second-order valence-corrected chi connectivity index (χ2v) is 38.8. The number of halogens is 1. The minimum absolute atomic E-state index is 0.110. The summed E-state index contributed by atoms with van der Waals surface area (Å²) in [4.78, 5) is 134. The largest absolute Gasteiger partial charge is 0.498 e. The Hall–Kier alpha value is -16.9. The van der Waals surface area contributed by atoms with Crippen molar-refractivity contribution in [3.05, 3.63) is 177 Å². The molecule has 5 saturated heterocycles. The Morgan fingerprint density at radius 3 is 0.947 bits per heavy atom. The summed E-state index contributed by atoms with van der Waals surface area (Å²) in [5, 5.41) is 54.9. The summed E-state index contributed by atoms with van der Waals surface area (Å²) in [7, 11) is -0.461. The number of esters is 3. The van der Waals surface area contributed by atoms with Crippen molar-refractivity contribution in [3.8, 4) is 56.7 Å². The number of carbonyl (C=O) groups excluding carboxylic acids is 5. The summed E-state index contributed by atoms with van der Waals surface area (Å²) >= 11 is 5.99. The van der Waals surface area contributed by atoms with E-state index in [0.717, 1.165) is 64.8 Å². The fourth-order valence-electron chi connectivity index (χ4n) is 17.4. The minimum atomic E-state index is -0.764. The van der Waals surface area contributed by atoms with Gasteiger partial charge in [-0.15, -0.1) is 20.4 Å². The molecule has 16 aromatic heterocycles. The maximum atomic E-state index is 12.3. The highest BCUT2D eigenvalue weighted by atomic mass is 35.5. The number of piperidine rings is 4. The first-order valence-electron chi connectivity index (χ1n) is 49.3. The van der Waals surface area contributed by atoms with Crippen molar-refractivity contribution in [2.45, 2.75) is 153 Å². The molecule has 0 bridgehead atoms. The number of aliphatic carboxylic acids is 1. The lowest BCUT2D eigenvalue weighted by Gasteiger charge is -2.37. The van der Waals surface area contributed by atoms with Crippen LogP contribution in [-0.4, -0.2) is 282 Å². The molecule has 0 saturated carbocycles. The average Bonchev–Trinajstić information content (AvgIpc) is 1.63. The molecule has 0 radical (unpaired) electrons. The molecule has 5 aliphatic heterocycles. The highest BCUT2D eigenvalue weighted by Crippen LogP contribution is 2.41. The van der Waals surface area contributed by atoms with Crippen molar-refractivity contribution in [1.29, 1.82) is 0 Å². The lowest BCUT2D eigenvalue weighted by Crippen LogP contribution is -2.44. The van der Waals surface area contributed by atoms with Gasteiger partial charge in [0.1, 0.15) is 0 Å². The highest BCUT2D eigenvalue weighted by Gasteiger charge is 2.52. The topological polar surface area (TPSA) is 577 Å². The molecule has 150 heavy (non-hydrogen) atoms. The number of carboxylic acids is 1. The number of fused-ring (bicyclic) bond motifs is 4. The smallest absolute Gasteiger partial charge is 0.481 e. The van der Waals surface area contributed by atoms with Gasteiger partial charge in [-0.2, -0.15) is 58.4 Å². The van der Waals surface area contributed by atoms with Crippen molar-refractivity contribution in [1.82, 2.24) is 148 Å². The number of nitrogens with two attached hydrogens (primary N) is 2. The summed E-state index contributed by atoms with van der Waals surface area (Å²) < 4.78 is 40.9. The predicted octanol–water partition coefficient (Wildman–Crippen LogP) is 10.1. The number of pyridine rings is 4. The van der Waals surface area contributed by atoms with Crippen LogP contribution >= 0.6 is 11.6 Å². The molecule has 4 amide bonds. The maximum absolute atomic E-state index is 12.3. The number of carboxylic acid groups (broad SMARTS) is 1. The molecule has 5 fully saturated rings. The van der Waals surface area contributed by atoms with Gasteiger partial charge in [-0.3, -0.25) is 29.8 Å². The van der Waals surface area contributed by atoms with Crippen LogP contribution in [0.5, 0.6) is 0 Å². The first-order chi connectivity index (χ1) is 72.0. The van der Waals surface area contributed by atoms with Crippen LogP contribution in [0.1, 0.15) is 141 Å². The number of hydrogen-bond donors (Lipinski definition) is 7. The normalized spacial score (nSPS) is 16.2. The van der Waals surface area contributed by atoms with Crippen molar-refractivity contribution in [2.75, 3.05) is 127 Å². The standard InChI is InChI=1S/C25H30N10O3.C23H26N10O3.C22H25N9O2.C19H30BN3O4.C9H7ClN6/c1-4-26-24(37)31-22-30-19-13-17(14-20(35(19)32-22)34-10-6-9-29-34)18-15-27-23(28-16-18)33-11-7-25(3,8-12-33)21(36)38-5-2;1-3-24-22(36)29-20-28-17-11-15(12-18(33(17)30-20)32-8-4-7-27-32)16-13-25-21(26-14-16)31-9-5-23(2,6-10-31)19(34)35;1-3-33-19(32)22(2)5-9-29(10-6-22)21-24-13-16(14-25-21)15-11-17-27-20(23)28-31(17)18(12-15)30-8-4-7-26-30;1-7-25-15(24)19(6)8-10-23(11-9-19)16-21-12-14(13-22-16)20-26-17(2,3)18(4,5)27-20;10-6-4-7-13-9(11)14-16(7)8(5-6)15-3-1-2-12-15/h6,9-10,13-16H,4-5,7-8,11-12H2,1-3H3,(H2,26,31,32,37);4,7-8,11-14H,3,5-6,9-10H2,1-2H3,(H,34,35)(H2,24,29,30,36);4,7-8,11-14H,3,5-6,9-10H2,1-2H3,(H2,23,28);12-13H,7-11H2,1-6H3;1-5H,(H2,11,14). The summed E-state index contributed by atoms with van der Waals surface area (Å²) in [6.07, 6.45) is 33.3. The average molecular weight is 2070 g/mol. The van der Waals surface area contributed by atoms with Crippen LogP contribution in [0, 0.1) is 21.7 Å². The Bertz CT molecular complexity index is 7390. The highest BCUT2D eigenvalue weighted by molar-refractivity contribution is 6.62. The van der Waals surface area contributed by atoms with Gasteiger partial charge in [0.05, 0.1) is 52.7 Å². The predicted molar refractivity (Wildman–Crippen MR) is 556 cm³/mol. The molecule has 50 nitrogen and oxygen atoms in total. The molecule has 52 heteroatoms. The van der Waals surface area contributed by atoms with Gasteiger partial charge >= 0.3 is 43.1 Å². The molecule has 16 aromatic rings. The molecule has 0 spiro atoms. The number of nitrogen functional groups attached to an aromatic ring is 2. The molecule has 0 unspecified atom stereocenters. The molecule has 21 rings (SSSR count). The van der Waals surface area contributed by atoms with E-state index in [9.17, 15) is 33.9 Å². The van der Waals surface area contributed by atoms with Crippen molar-refractivity contribution < 1.29 is 57.4 Å². The molecule has 0 aromatic carbocycles. The zero-order chi connectivity index (χ0) is 106. The van der Waals surface area contributed by atoms with E-state index in [-0.39, 0.29) is 65.0 Å². The Kier molecular flexibility index (Phi) is 31.0. The lowest BCUT2D eigenvalue weighted by molar-refractivity contribution is -0.156. The molecule has 21 heterocycles. The van der Waals surface area contributed by atoms with E-state index in [1.54, 1.807) is 155 Å². The monoisotopic (exact) mass is 2060 g/mol. The van der Waals surface area contributed by atoms with Gasteiger partial charge in [-0.1, -0.05) is 11.6 Å². The number of anilines is 8. The third kappa shape index (κ3) is 23.2. The number of amides is 4. The van der Waals surface area contributed by atoms with Gasteiger partial charge in [-0.05, 0) is 219 Å². The second-order valence-electron chi connectivity index (χ2n) is 38.4. The quantitative estimate of drug-likeness (QED) is 0.0178. The summed E-state index contributed by atoms with van der Waals surface area (Å²) in [6, 6.07) is 21.3. The molecular weight excluding hydrogens is 1950 g/mol. The van der Waals surface area contributed by atoms with Gasteiger partial charge < -0.3 is 70.3 Å². The third-order valence-corrected chi connectivity index (χ3v) is 27.5. The number of urea groups is 2. The summed E-state index contributed by atoms with van der Waals surface area (Å²) in [6.45, 7) is 32.5. The number of ether oxygens (including phenoxy) is 3. The van der Waals surface area contributed by atoms with E-state index in [4.69, 9.17) is 46.6 Å². The van der Waals surface area contributed by atoms with Crippen LogP contribution in [0.4, 0.5) is 57.2 Å². The van der Waals surface area contributed by atoms with Crippen molar-refractivity contribution in [3.63, 3.8) is 0 Å². The lowest BCUT2D eigenvalue weighted by atomic mass is 9.80. The molecule has 9 N–H and O–H groups in total. The van der Waals surface area contributed by atoms with E-state index < -0.39 is 34.7 Å². The molecule has 782 valence electrons. The molecular formula is C98H118BClN38O12. The van der Waals surface area contributed by atoms with Crippen molar-refractivity contribution >= 4 is 130 Å². The van der Waals surface area contributed by atoms with Crippen LogP contribution in [0.3, 0.4) is 0 Å². The first-order valence-corrected chi connectivity index (χ1v) is 49.7. The number of nitrogens with one attached hydrogen (secondary N) is 4. The molecule has 0 aliphatic carbocycles.